The molecule has 0 saturated carbocycles. The molecule has 0 fully saturated rings. The Morgan fingerprint density at radius 1 is 0.789 bits per heavy atom. The highest BCUT2D eigenvalue weighted by molar-refractivity contribution is 7.99. The van der Waals surface area contributed by atoms with Crippen molar-refractivity contribution in [3.05, 3.63) is 60.7 Å². The van der Waals surface area contributed by atoms with Gasteiger partial charge < -0.3 is 10.2 Å². The molecule has 0 aliphatic heterocycles. The number of phenolic OH excluding ortho intramolecular Hbond substituents is 2. The maximum atomic E-state index is 9.59. The summed E-state index contributed by atoms with van der Waals surface area (Å²) in [7, 11) is 0. The van der Waals surface area contributed by atoms with Crippen LogP contribution in [0.3, 0.4) is 0 Å². The van der Waals surface area contributed by atoms with Crippen LogP contribution >= 0.6 is 11.8 Å². The van der Waals surface area contributed by atoms with Crippen molar-refractivity contribution in [2.45, 2.75) is 9.79 Å². The Labute approximate surface area is 116 Å². The van der Waals surface area contributed by atoms with Gasteiger partial charge in [-0.15, -0.1) is 0 Å². The summed E-state index contributed by atoms with van der Waals surface area (Å²) < 4.78 is 0. The molecule has 2 aromatic rings. The minimum absolute atomic E-state index is 0.219. The fourth-order valence-electron chi connectivity index (χ4n) is 1.66. The lowest BCUT2D eigenvalue weighted by Crippen LogP contribution is -1.80. The van der Waals surface area contributed by atoms with Gasteiger partial charge in [0.1, 0.15) is 11.5 Å². The fraction of sp³-hybridized carbons (Fsp3) is 0. The van der Waals surface area contributed by atoms with Crippen LogP contribution in [-0.2, 0) is 0 Å². The summed E-state index contributed by atoms with van der Waals surface area (Å²) in [6, 6.07) is 10.7. The van der Waals surface area contributed by atoms with Crippen molar-refractivity contribution < 1.29 is 10.2 Å². The Morgan fingerprint density at radius 2 is 1.21 bits per heavy atom. The first-order valence-corrected chi connectivity index (χ1v) is 6.54. The average Bonchev–Trinajstić information content (AvgIpc) is 2.43. The summed E-state index contributed by atoms with van der Waals surface area (Å²) in [4.78, 5) is 1.99. The van der Waals surface area contributed by atoms with Gasteiger partial charge in [-0.25, -0.2) is 0 Å². The molecule has 0 amide bonds. The first-order valence-electron chi connectivity index (χ1n) is 5.73. The topological polar surface area (TPSA) is 40.5 Å². The second-order valence-electron chi connectivity index (χ2n) is 3.95. The van der Waals surface area contributed by atoms with E-state index in [1.165, 1.54) is 0 Å². The normalized spacial score (nSPS) is 10.1. The predicted octanol–water partition coefficient (Wildman–Crippen LogP) is 4.54. The summed E-state index contributed by atoms with van der Waals surface area (Å²) in [5, 5.41) is 19.2. The van der Waals surface area contributed by atoms with E-state index in [9.17, 15) is 10.2 Å². The molecule has 0 aliphatic carbocycles. The van der Waals surface area contributed by atoms with Crippen LogP contribution in [-0.4, -0.2) is 10.2 Å². The highest BCUT2D eigenvalue weighted by Gasteiger charge is 2.04. The van der Waals surface area contributed by atoms with Crippen molar-refractivity contribution in [3.8, 4) is 11.5 Å². The molecule has 0 aliphatic rings. The molecule has 19 heavy (non-hydrogen) atoms. The molecule has 0 aromatic heterocycles. The lowest BCUT2D eigenvalue weighted by molar-refractivity contribution is 0.473. The molecule has 0 radical (unpaired) electrons. The third-order valence-electron chi connectivity index (χ3n) is 2.67. The molecule has 0 unspecified atom stereocenters. The molecule has 0 saturated heterocycles. The Balaban J connectivity index is 2.30. The van der Waals surface area contributed by atoms with E-state index in [1.54, 1.807) is 36.0 Å². The quantitative estimate of drug-likeness (QED) is 0.857. The molecule has 0 atom stereocenters. The molecule has 2 rings (SSSR count). The van der Waals surface area contributed by atoms with E-state index in [0.717, 1.165) is 9.79 Å². The first-order chi connectivity index (χ1) is 9.13. The van der Waals surface area contributed by atoms with Gasteiger partial charge >= 0.3 is 0 Å². The van der Waals surface area contributed by atoms with Crippen LogP contribution in [0.5, 0.6) is 11.5 Å². The Kier molecular flexibility index (Phi) is 3.97. The lowest BCUT2D eigenvalue weighted by Gasteiger charge is -2.06. The maximum Gasteiger partial charge on any atom is 0.122 e. The van der Waals surface area contributed by atoms with E-state index < -0.39 is 0 Å². The molecule has 96 valence electrons. The van der Waals surface area contributed by atoms with E-state index in [2.05, 4.69) is 13.2 Å². The summed E-state index contributed by atoms with van der Waals surface area (Å²) in [6.07, 6.45) is 3.23. The Morgan fingerprint density at radius 3 is 1.58 bits per heavy atom. The summed E-state index contributed by atoms with van der Waals surface area (Å²) >= 11 is 1.55. The largest absolute Gasteiger partial charge is 0.507 e. The fourth-order valence-corrected chi connectivity index (χ4v) is 2.57. The van der Waals surface area contributed by atoms with Gasteiger partial charge in [-0.1, -0.05) is 37.1 Å². The van der Waals surface area contributed by atoms with Gasteiger partial charge in [0.2, 0.25) is 0 Å². The molecular formula is C16H14O2S. The molecule has 3 heteroatoms. The van der Waals surface area contributed by atoms with Crippen molar-refractivity contribution in [2.24, 2.45) is 0 Å². The summed E-state index contributed by atoms with van der Waals surface area (Å²) in [5.41, 5.74) is 1.40. The van der Waals surface area contributed by atoms with Gasteiger partial charge in [0.05, 0.1) is 0 Å². The number of benzene rings is 2. The predicted molar refractivity (Wildman–Crippen MR) is 80.5 cm³/mol. The van der Waals surface area contributed by atoms with Gasteiger partial charge in [0, 0.05) is 20.9 Å². The van der Waals surface area contributed by atoms with Gasteiger partial charge in [-0.3, -0.25) is 0 Å². The second kappa shape index (κ2) is 5.67. The van der Waals surface area contributed by atoms with Gasteiger partial charge in [0.15, 0.2) is 0 Å². The third kappa shape index (κ3) is 3.01. The number of phenols is 2. The van der Waals surface area contributed by atoms with E-state index in [0.29, 0.717) is 11.1 Å². The summed E-state index contributed by atoms with van der Waals surface area (Å²) in [6.45, 7) is 7.33. The minimum atomic E-state index is 0.219. The SMILES string of the molecule is C=Cc1cc(Sc2ccc(O)c(C=C)c2)ccc1O. The zero-order valence-electron chi connectivity index (χ0n) is 10.3. The zero-order valence-corrected chi connectivity index (χ0v) is 11.2. The Bertz CT molecular complexity index is 577. The molecule has 0 bridgehead atoms. The maximum absolute atomic E-state index is 9.59. The van der Waals surface area contributed by atoms with Gasteiger partial charge in [-0.05, 0) is 36.4 Å². The van der Waals surface area contributed by atoms with Crippen LogP contribution in [0, 0.1) is 0 Å². The van der Waals surface area contributed by atoms with Crippen molar-refractivity contribution in [2.75, 3.05) is 0 Å². The van der Waals surface area contributed by atoms with Crippen LogP contribution in [0.25, 0.3) is 12.2 Å². The highest BCUT2D eigenvalue weighted by atomic mass is 32.2. The minimum Gasteiger partial charge on any atom is -0.507 e. The van der Waals surface area contributed by atoms with Crippen molar-refractivity contribution in [3.63, 3.8) is 0 Å². The van der Waals surface area contributed by atoms with Crippen molar-refractivity contribution in [1.82, 2.24) is 0 Å². The molecule has 2 nitrogen and oxygen atoms in total. The third-order valence-corrected chi connectivity index (χ3v) is 3.65. The monoisotopic (exact) mass is 270 g/mol. The Hall–Kier alpha value is -2.13. The average molecular weight is 270 g/mol. The molecular weight excluding hydrogens is 256 g/mol. The van der Waals surface area contributed by atoms with E-state index >= 15 is 0 Å². The van der Waals surface area contributed by atoms with Crippen LogP contribution in [0.15, 0.2) is 59.3 Å². The number of hydrogen-bond acceptors (Lipinski definition) is 3. The van der Waals surface area contributed by atoms with E-state index in [4.69, 9.17) is 0 Å². The smallest absolute Gasteiger partial charge is 0.122 e. The van der Waals surface area contributed by atoms with E-state index in [1.807, 2.05) is 24.3 Å². The number of rotatable bonds is 4. The molecule has 2 N–H and O–H groups in total. The zero-order chi connectivity index (χ0) is 13.8. The number of aromatic hydroxyl groups is 2. The van der Waals surface area contributed by atoms with Crippen LogP contribution < -0.4 is 0 Å². The highest BCUT2D eigenvalue weighted by Crippen LogP contribution is 2.33. The second-order valence-corrected chi connectivity index (χ2v) is 5.10. The van der Waals surface area contributed by atoms with Crippen LogP contribution in [0.1, 0.15) is 11.1 Å². The van der Waals surface area contributed by atoms with E-state index in [-0.39, 0.29) is 11.5 Å². The lowest BCUT2D eigenvalue weighted by atomic mass is 10.2. The molecule has 0 spiro atoms. The van der Waals surface area contributed by atoms with Crippen LogP contribution in [0.2, 0.25) is 0 Å². The standard InChI is InChI=1S/C16H14O2S/c1-3-11-9-13(5-7-15(11)17)19-14-6-8-16(18)12(4-2)10-14/h3-10,17-18H,1-2H2. The first kappa shape index (κ1) is 13.3. The summed E-state index contributed by atoms with van der Waals surface area (Å²) in [5.74, 6) is 0.439. The number of hydrogen-bond donors (Lipinski definition) is 2. The van der Waals surface area contributed by atoms with Crippen molar-refractivity contribution >= 4 is 23.9 Å². The van der Waals surface area contributed by atoms with Gasteiger partial charge in [-0.2, -0.15) is 0 Å². The molecule has 0 heterocycles. The molecule has 2 aromatic carbocycles. The van der Waals surface area contributed by atoms with Gasteiger partial charge in [0.25, 0.3) is 0 Å². The van der Waals surface area contributed by atoms with Crippen molar-refractivity contribution in [1.29, 1.82) is 0 Å². The van der Waals surface area contributed by atoms with Crippen LogP contribution in [0.4, 0.5) is 0 Å².